The van der Waals surface area contributed by atoms with Gasteiger partial charge in [-0.25, -0.2) is 4.98 Å². The molecule has 1 aromatic carbocycles. The Kier molecular flexibility index (Phi) is 4.30. The van der Waals surface area contributed by atoms with Crippen molar-refractivity contribution in [1.29, 1.82) is 0 Å². The molecule has 0 aliphatic carbocycles. The first kappa shape index (κ1) is 16.2. The van der Waals surface area contributed by atoms with Gasteiger partial charge < -0.3 is 18.8 Å². The number of carbonyl (C=O) groups excluding carboxylic acids is 1. The van der Waals surface area contributed by atoms with Crippen LogP contribution < -0.4 is 9.47 Å². The molecule has 1 fully saturated rings. The first-order valence-electron chi connectivity index (χ1n) is 8.22. The number of ether oxygens (including phenoxy) is 2. The molecule has 1 saturated heterocycles. The molecule has 1 amide bonds. The molecule has 134 valence electrons. The largest absolute Gasteiger partial charge is 0.497 e. The Morgan fingerprint density at radius 3 is 2.73 bits per heavy atom. The number of likely N-dealkylation sites (tertiary alicyclic amines) is 1. The van der Waals surface area contributed by atoms with Gasteiger partial charge in [-0.1, -0.05) is 0 Å². The van der Waals surface area contributed by atoms with Crippen molar-refractivity contribution in [2.45, 2.75) is 12.6 Å². The van der Waals surface area contributed by atoms with Gasteiger partial charge in [-0.15, -0.1) is 0 Å². The molecule has 0 atom stereocenters. The summed E-state index contributed by atoms with van der Waals surface area (Å²) in [7, 11) is 1.61. The van der Waals surface area contributed by atoms with Gasteiger partial charge in [-0.05, 0) is 30.3 Å². The van der Waals surface area contributed by atoms with Crippen molar-refractivity contribution in [2.24, 2.45) is 0 Å². The van der Waals surface area contributed by atoms with Gasteiger partial charge in [-0.3, -0.25) is 9.48 Å². The minimum atomic E-state index is -0.146. The second-order valence-electron chi connectivity index (χ2n) is 5.94. The Bertz CT molecular complexity index is 867. The molecule has 2 aromatic heterocycles. The van der Waals surface area contributed by atoms with Crippen LogP contribution in [0.4, 0.5) is 0 Å². The number of oxazole rings is 1. The van der Waals surface area contributed by atoms with Crippen LogP contribution in [0.15, 0.2) is 53.4 Å². The van der Waals surface area contributed by atoms with Crippen molar-refractivity contribution in [1.82, 2.24) is 19.7 Å². The average molecular weight is 354 g/mol. The van der Waals surface area contributed by atoms with Crippen molar-refractivity contribution < 1.29 is 18.7 Å². The highest BCUT2D eigenvalue weighted by Gasteiger charge is 2.33. The molecular formula is C18H18N4O4. The summed E-state index contributed by atoms with van der Waals surface area (Å²) in [6.45, 7) is 1.38. The van der Waals surface area contributed by atoms with Crippen LogP contribution in [0.1, 0.15) is 22.4 Å². The minimum absolute atomic E-state index is 0.146. The summed E-state index contributed by atoms with van der Waals surface area (Å²) >= 11 is 0. The van der Waals surface area contributed by atoms with Crippen LogP contribution in [0.5, 0.6) is 11.5 Å². The number of aromatic nitrogens is 3. The first-order valence-corrected chi connectivity index (χ1v) is 8.22. The van der Waals surface area contributed by atoms with Gasteiger partial charge in [0.15, 0.2) is 12.3 Å². The van der Waals surface area contributed by atoms with E-state index in [0.717, 1.165) is 5.75 Å². The van der Waals surface area contributed by atoms with Crippen molar-refractivity contribution in [3.05, 3.63) is 60.6 Å². The van der Waals surface area contributed by atoms with E-state index in [4.69, 9.17) is 13.9 Å². The maximum absolute atomic E-state index is 12.4. The molecule has 0 radical (unpaired) electrons. The second-order valence-corrected chi connectivity index (χ2v) is 5.94. The van der Waals surface area contributed by atoms with E-state index in [9.17, 15) is 4.79 Å². The zero-order chi connectivity index (χ0) is 17.9. The topological polar surface area (TPSA) is 82.6 Å². The van der Waals surface area contributed by atoms with Crippen LogP contribution in [0.2, 0.25) is 0 Å². The number of rotatable bonds is 6. The number of amides is 1. The van der Waals surface area contributed by atoms with E-state index in [1.807, 2.05) is 16.9 Å². The van der Waals surface area contributed by atoms with Crippen LogP contribution in [-0.4, -0.2) is 45.8 Å². The Morgan fingerprint density at radius 2 is 2.04 bits per heavy atom. The fourth-order valence-corrected chi connectivity index (χ4v) is 2.74. The third kappa shape index (κ3) is 3.26. The summed E-state index contributed by atoms with van der Waals surface area (Å²) in [5.41, 5.74) is 0.289. The third-order valence-corrected chi connectivity index (χ3v) is 4.24. The fraction of sp³-hybridized carbons (Fsp3) is 0.278. The normalized spacial score (nSPS) is 14.1. The molecule has 3 aromatic rings. The lowest BCUT2D eigenvalue weighted by atomic mass is 10.1. The molecule has 3 heterocycles. The molecule has 0 saturated carbocycles. The molecule has 1 aliphatic heterocycles. The van der Waals surface area contributed by atoms with Gasteiger partial charge in [0.05, 0.1) is 13.2 Å². The summed E-state index contributed by atoms with van der Waals surface area (Å²) in [5, 5.41) is 4.19. The van der Waals surface area contributed by atoms with Crippen LogP contribution in [0.3, 0.4) is 0 Å². The van der Waals surface area contributed by atoms with Crippen molar-refractivity contribution >= 4 is 5.91 Å². The Labute approximate surface area is 149 Å². The summed E-state index contributed by atoms with van der Waals surface area (Å²) in [6.07, 6.45) is 5.00. The Morgan fingerprint density at radius 1 is 1.27 bits per heavy atom. The number of methoxy groups -OCH3 is 1. The molecule has 0 bridgehead atoms. The minimum Gasteiger partial charge on any atom is -0.497 e. The van der Waals surface area contributed by atoms with Crippen LogP contribution in [0.25, 0.3) is 0 Å². The zero-order valence-corrected chi connectivity index (χ0v) is 14.2. The Hall–Kier alpha value is -3.29. The molecule has 0 N–H and O–H groups in total. The maximum Gasteiger partial charge on any atom is 0.275 e. The monoisotopic (exact) mass is 354 g/mol. The summed E-state index contributed by atoms with van der Waals surface area (Å²) in [5.74, 6) is 1.63. The highest BCUT2D eigenvalue weighted by Crippen LogP contribution is 2.22. The zero-order valence-electron chi connectivity index (χ0n) is 14.2. The lowest BCUT2D eigenvalue weighted by Gasteiger charge is -2.38. The van der Waals surface area contributed by atoms with Gasteiger partial charge in [0.25, 0.3) is 5.91 Å². The van der Waals surface area contributed by atoms with Gasteiger partial charge in [0.2, 0.25) is 5.89 Å². The highest BCUT2D eigenvalue weighted by molar-refractivity contribution is 5.92. The van der Waals surface area contributed by atoms with Crippen LogP contribution >= 0.6 is 0 Å². The predicted molar refractivity (Wildman–Crippen MR) is 91.0 cm³/mol. The van der Waals surface area contributed by atoms with Gasteiger partial charge >= 0.3 is 0 Å². The molecule has 1 aliphatic rings. The SMILES string of the molecule is COc1ccc(OCc2nc(C(=O)N3CC(n4cccn4)C3)co2)cc1. The number of hydrogen-bond acceptors (Lipinski definition) is 6. The Balaban J connectivity index is 1.30. The van der Waals surface area contributed by atoms with Crippen molar-refractivity contribution in [3.8, 4) is 11.5 Å². The fourth-order valence-electron chi connectivity index (χ4n) is 2.74. The van der Waals surface area contributed by atoms with Gasteiger partial charge in [0, 0.05) is 25.5 Å². The molecule has 0 unspecified atom stereocenters. The lowest BCUT2D eigenvalue weighted by molar-refractivity contribution is 0.0495. The standard InChI is InChI=1S/C18H18N4O4/c1-24-14-3-5-15(6-4-14)25-12-17-20-16(11-26-17)18(23)21-9-13(10-21)22-8-2-7-19-22/h2-8,11,13H,9-10,12H2,1H3. The highest BCUT2D eigenvalue weighted by atomic mass is 16.5. The molecule has 4 rings (SSSR count). The van der Waals surface area contributed by atoms with E-state index >= 15 is 0 Å². The maximum atomic E-state index is 12.4. The summed E-state index contributed by atoms with van der Waals surface area (Å²) in [6, 6.07) is 9.29. The van der Waals surface area contributed by atoms with E-state index in [2.05, 4.69) is 10.1 Å². The number of carbonyl (C=O) groups is 1. The van der Waals surface area contributed by atoms with E-state index in [0.29, 0.717) is 24.7 Å². The van der Waals surface area contributed by atoms with Gasteiger partial charge in [0.1, 0.15) is 17.8 Å². The number of hydrogen-bond donors (Lipinski definition) is 0. The first-order chi connectivity index (χ1) is 12.7. The molecular weight excluding hydrogens is 336 g/mol. The van der Waals surface area contributed by atoms with Gasteiger partial charge in [-0.2, -0.15) is 5.10 Å². The molecule has 0 spiro atoms. The van der Waals surface area contributed by atoms with Crippen molar-refractivity contribution in [3.63, 3.8) is 0 Å². The predicted octanol–water partition coefficient (Wildman–Crippen LogP) is 2.16. The third-order valence-electron chi connectivity index (χ3n) is 4.24. The lowest BCUT2D eigenvalue weighted by Crippen LogP contribution is -2.50. The molecule has 8 heteroatoms. The molecule has 26 heavy (non-hydrogen) atoms. The molecule has 8 nitrogen and oxygen atoms in total. The quantitative estimate of drug-likeness (QED) is 0.675. The van der Waals surface area contributed by atoms with E-state index in [-0.39, 0.29) is 24.2 Å². The van der Waals surface area contributed by atoms with E-state index in [1.165, 1.54) is 6.26 Å². The van der Waals surface area contributed by atoms with Crippen molar-refractivity contribution in [2.75, 3.05) is 20.2 Å². The van der Waals surface area contributed by atoms with E-state index in [1.54, 1.807) is 42.5 Å². The summed E-state index contributed by atoms with van der Waals surface area (Å²) in [4.78, 5) is 18.4. The summed E-state index contributed by atoms with van der Waals surface area (Å²) < 4.78 is 17.9. The average Bonchev–Trinajstić information content (AvgIpc) is 3.31. The second kappa shape index (κ2) is 6.91. The smallest absolute Gasteiger partial charge is 0.275 e. The van der Waals surface area contributed by atoms with E-state index < -0.39 is 0 Å². The van der Waals surface area contributed by atoms with Crippen LogP contribution in [-0.2, 0) is 6.61 Å². The van der Waals surface area contributed by atoms with Crippen LogP contribution in [0, 0.1) is 0 Å². The number of benzene rings is 1. The number of nitrogens with zero attached hydrogens (tertiary/aromatic N) is 4.